The summed E-state index contributed by atoms with van der Waals surface area (Å²) in [6.07, 6.45) is 2.98. The molecule has 5 heteroatoms. The van der Waals surface area contributed by atoms with Crippen molar-refractivity contribution in [3.63, 3.8) is 0 Å². The van der Waals surface area contributed by atoms with Crippen molar-refractivity contribution < 1.29 is 14.3 Å². The van der Waals surface area contributed by atoms with Gasteiger partial charge in [0.05, 0.1) is 5.92 Å². The number of carbonyl (C=O) groups is 2. The zero-order valence-corrected chi connectivity index (χ0v) is 11.4. The third-order valence-corrected chi connectivity index (χ3v) is 3.65. The number of nitrogens with one attached hydrogen (secondary N) is 1. The molecule has 1 saturated carbocycles. The van der Waals surface area contributed by atoms with Gasteiger partial charge in [0.1, 0.15) is 6.61 Å². The first kappa shape index (κ1) is 14.4. The average molecular weight is 276 g/mol. The second-order valence-corrected chi connectivity index (χ2v) is 5.11. The van der Waals surface area contributed by atoms with E-state index in [0.29, 0.717) is 0 Å². The molecule has 0 saturated heterocycles. The van der Waals surface area contributed by atoms with Crippen molar-refractivity contribution in [1.29, 1.82) is 0 Å². The lowest BCUT2D eigenvalue weighted by Crippen LogP contribution is -2.47. The van der Waals surface area contributed by atoms with Crippen molar-refractivity contribution in [3.8, 4) is 0 Å². The molecule has 0 aromatic heterocycles. The number of amides is 2. The molecule has 108 valence electrons. The van der Waals surface area contributed by atoms with E-state index in [4.69, 9.17) is 10.5 Å². The maximum Gasteiger partial charge on any atom is 0.407 e. The van der Waals surface area contributed by atoms with Crippen LogP contribution in [0.1, 0.15) is 31.2 Å². The molecule has 0 unspecified atom stereocenters. The minimum atomic E-state index is -0.494. The molecule has 2 rings (SSSR count). The van der Waals surface area contributed by atoms with Gasteiger partial charge >= 0.3 is 6.09 Å². The number of benzene rings is 1. The standard InChI is InChI=1S/C15H20N2O3/c16-14(18)12-8-4-5-9-13(12)17-15(19)20-10-11-6-2-1-3-7-11/h1-3,6-7,12-13H,4-5,8-10H2,(H2,16,18)(H,17,19)/t12-,13-/m1/s1. The summed E-state index contributed by atoms with van der Waals surface area (Å²) in [7, 11) is 0. The molecule has 0 heterocycles. The van der Waals surface area contributed by atoms with Crippen LogP contribution in [0.4, 0.5) is 4.79 Å². The minimum absolute atomic E-state index is 0.204. The Bertz CT molecular complexity index is 461. The molecule has 1 aliphatic carbocycles. The van der Waals surface area contributed by atoms with E-state index in [1.165, 1.54) is 0 Å². The summed E-state index contributed by atoms with van der Waals surface area (Å²) in [5.74, 6) is -0.633. The van der Waals surface area contributed by atoms with E-state index >= 15 is 0 Å². The monoisotopic (exact) mass is 276 g/mol. The van der Waals surface area contributed by atoms with E-state index in [1.54, 1.807) is 0 Å². The number of ether oxygens (including phenoxy) is 1. The van der Waals surface area contributed by atoms with Gasteiger partial charge in [-0.25, -0.2) is 4.79 Å². The maximum absolute atomic E-state index is 11.8. The van der Waals surface area contributed by atoms with E-state index in [-0.39, 0.29) is 24.5 Å². The lowest BCUT2D eigenvalue weighted by atomic mass is 9.84. The second kappa shape index (κ2) is 6.93. The first-order valence-corrected chi connectivity index (χ1v) is 6.93. The fraction of sp³-hybridized carbons (Fsp3) is 0.467. The van der Waals surface area contributed by atoms with Crippen LogP contribution in [0, 0.1) is 5.92 Å². The van der Waals surface area contributed by atoms with Crippen LogP contribution in [0.5, 0.6) is 0 Å². The molecule has 2 amide bonds. The van der Waals surface area contributed by atoms with Crippen LogP contribution in [-0.2, 0) is 16.1 Å². The maximum atomic E-state index is 11.8. The van der Waals surface area contributed by atoms with Crippen molar-refractivity contribution in [2.24, 2.45) is 11.7 Å². The van der Waals surface area contributed by atoms with Crippen molar-refractivity contribution in [2.45, 2.75) is 38.3 Å². The largest absolute Gasteiger partial charge is 0.445 e. The predicted molar refractivity (Wildman–Crippen MR) is 74.7 cm³/mol. The zero-order valence-electron chi connectivity index (χ0n) is 11.4. The van der Waals surface area contributed by atoms with Crippen LogP contribution in [0.2, 0.25) is 0 Å². The van der Waals surface area contributed by atoms with E-state index in [2.05, 4.69) is 5.32 Å². The SMILES string of the molecule is NC(=O)[C@@H]1CCCC[C@H]1NC(=O)OCc1ccccc1. The molecule has 3 N–H and O–H groups in total. The fourth-order valence-electron chi connectivity index (χ4n) is 2.56. The van der Waals surface area contributed by atoms with E-state index in [1.807, 2.05) is 30.3 Å². The molecular weight excluding hydrogens is 256 g/mol. The summed E-state index contributed by atoms with van der Waals surface area (Å²) in [6.45, 7) is 0.223. The molecule has 1 fully saturated rings. The van der Waals surface area contributed by atoms with E-state index < -0.39 is 6.09 Å². The number of hydrogen-bond acceptors (Lipinski definition) is 3. The van der Waals surface area contributed by atoms with E-state index in [9.17, 15) is 9.59 Å². The van der Waals surface area contributed by atoms with Crippen molar-refractivity contribution in [1.82, 2.24) is 5.32 Å². The number of primary amides is 1. The smallest absolute Gasteiger partial charge is 0.407 e. The van der Waals surface area contributed by atoms with Crippen LogP contribution >= 0.6 is 0 Å². The molecule has 1 aromatic rings. The Morgan fingerprint density at radius 3 is 2.60 bits per heavy atom. The average Bonchev–Trinajstić information content (AvgIpc) is 2.46. The molecule has 20 heavy (non-hydrogen) atoms. The molecule has 1 aliphatic rings. The summed E-state index contributed by atoms with van der Waals surface area (Å²) < 4.78 is 5.16. The third-order valence-electron chi connectivity index (χ3n) is 3.65. The van der Waals surface area contributed by atoms with E-state index in [0.717, 1.165) is 31.2 Å². The van der Waals surface area contributed by atoms with Crippen LogP contribution in [0.15, 0.2) is 30.3 Å². The van der Waals surface area contributed by atoms with Crippen molar-refractivity contribution in [3.05, 3.63) is 35.9 Å². The van der Waals surface area contributed by atoms with Crippen LogP contribution in [-0.4, -0.2) is 18.0 Å². The third kappa shape index (κ3) is 3.98. The molecule has 0 bridgehead atoms. The second-order valence-electron chi connectivity index (χ2n) is 5.11. The summed E-state index contributed by atoms with van der Waals surface area (Å²) in [5, 5.41) is 2.76. The van der Waals surface area contributed by atoms with Crippen LogP contribution in [0.3, 0.4) is 0 Å². The summed E-state index contributed by atoms with van der Waals surface area (Å²) in [4.78, 5) is 23.1. The van der Waals surface area contributed by atoms with Crippen molar-refractivity contribution in [2.75, 3.05) is 0 Å². The van der Waals surface area contributed by atoms with Crippen LogP contribution < -0.4 is 11.1 Å². The zero-order chi connectivity index (χ0) is 14.4. The molecule has 5 nitrogen and oxygen atoms in total. The van der Waals surface area contributed by atoms with Gasteiger partial charge in [-0.2, -0.15) is 0 Å². The molecular formula is C15H20N2O3. The highest BCUT2D eigenvalue weighted by Crippen LogP contribution is 2.24. The quantitative estimate of drug-likeness (QED) is 0.882. The highest BCUT2D eigenvalue weighted by molar-refractivity contribution is 5.78. The highest BCUT2D eigenvalue weighted by Gasteiger charge is 2.30. The Hall–Kier alpha value is -2.04. The van der Waals surface area contributed by atoms with Gasteiger partial charge in [0.25, 0.3) is 0 Å². The summed E-state index contributed by atoms with van der Waals surface area (Å²) in [5.41, 5.74) is 6.30. The number of alkyl carbamates (subject to hydrolysis) is 1. The number of carbonyl (C=O) groups excluding carboxylic acids is 2. The first-order valence-electron chi connectivity index (χ1n) is 6.93. The van der Waals surface area contributed by atoms with Gasteiger partial charge in [0.15, 0.2) is 0 Å². The number of rotatable bonds is 4. The molecule has 2 atom stereocenters. The van der Waals surface area contributed by atoms with Crippen LogP contribution in [0.25, 0.3) is 0 Å². The number of hydrogen-bond donors (Lipinski definition) is 2. The lowest BCUT2D eigenvalue weighted by molar-refractivity contribution is -0.123. The first-order chi connectivity index (χ1) is 9.66. The van der Waals surface area contributed by atoms with Gasteiger partial charge < -0.3 is 15.8 Å². The molecule has 1 aromatic carbocycles. The van der Waals surface area contributed by atoms with Gasteiger partial charge in [-0.3, -0.25) is 4.79 Å². The normalized spacial score (nSPS) is 22.0. The van der Waals surface area contributed by atoms with Gasteiger partial charge in [0, 0.05) is 6.04 Å². The Kier molecular flexibility index (Phi) is 4.98. The van der Waals surface area contributed by atoms with Gasteiger partial charge in [0.2, 0.25) is 5.91 Å². The van der Waals surface area contributed by atoms with Crippen molar-refractivity contribution >= 4 is 12.0 Å². The summed E-state index contributed by atoms with van der Waals surface area (Å²) >= 11 is 0. The fourth-order valence-corrected chi connectivity index (χ4v) is 2.56. The van der Waals surface area contributed by atoms with Gasteiger partial charge in [-0.1, -0.05) is 43.2 Å². The van der Waals surface area contributed by atoms with Gasteiger partial charge in [-0.15, -0.1) is 0 Å². The Labute approximate surface area is 118 Å². The summed E-state index contributed by atoms with van der Waals surface area (Å²) in [6, 6.07) is 9.26. The Morgan fingerprint density at radius 2 is 1.90 bits per heavy atom. The predicted octanol–water partition coefficient (Wildman–Crippen LogP) is 1.96. The Balaban J connectivity index is 1.82. The Morgan fingerprint density at radius 1 is 1.20 bits per heavy atom. The van der Waals surface area contributed by atoms with Gasteiger partial charge in [-0.05, 0) is 18.4 Å². The molecule has 0 spiro atoms. The molecule has 0 aliphatic heterocycles. The molecule has 0 radical (unpaired) electrons. The minimum Gasteiger partial charge on any atom is -0.445 e. The highest BCUT2D eigenvalue weighted by atomic mass is 16.5. The number of nitrogens with two attached hydrogens (primary N) is 1. The topological polar surface area (TPSA) is 81.4 Å². The lowest BCUT2D eigenvalue weighted by Gasteiger charge is -2.29.